The first kappa shape index (κ1) is 59.9. The minimum Gasteiger partial charge on any atom is -0.394 e. The van der Waals surface area contributed by atoms with E-state index >= 15 is 0 Å². The Morgan fingerprint density at radius 2 is 0.833 bits per heavy atom. The molecule has 19 heteroatoms. The average Bonchev–Trinajstić information content (AvgIpc) is 3.15. The van der Waals surface area contributed by atoms with Crippen LogP contribution in [-0.4, -0.2) is 188 Å². The molecule has 0 aromatic heterocycles. The van der Waals surface area contributed by atoms with Crippen LogP contribution >= 0.6 is 0 Å². The van der Waals surface area contributed by atoms with Gasteiger partial charge in [0.1, 0.15) is 0 Å². The largest absolute Gasteiger partial charge is 1.00 e. The summed E-state index contributed by atoms with van der Waals surface area (Å²) < 4.78 is 35.9. The Balaban J connectivity index is -0.000000135. The van der Waals surface area contributed by atoms with Crippen molar-refractivity contribution in [1.82, 2.24) is 0 Å². The second-order valence-corrected chi connectivity index (χ2v) is 15.8. The maximum Gasteiger partial charge on any atom is 1.00 e. The van der Waals surface area contributed by atoms with Crippen molar-refractivity contribution in [3.05, 3.63) is 0 Å². The maximum absolute atomic E-state index is 8.84. The molecule has 0 unspecified atom stereocenters. The van der Waals surface area contributed by atoms with Crippen LogP contribution in [0, 0.1) is 0 Å². The molecule has 19 nitrogen and oxygen atoms in total. The third-order valence-corrected chi connectivity index (χ3v) is 7.92. The Morgan fingerprint density at radius 1 is 0.556 bits per heavy atom. The van der Waals surface area contributed by atoms with Crippen molar-refractivity contribution in [2.45, 2.75) is 120 Å². The number of rotatable bonds is 13. The van der Waals surface area contributed by atoms with Crippen molar-refractivity contribution in [1.29, 1.82) is 0 Å². The first-order valence-corrected chi connectivity index (χ1v) is 17.9. The van der Waals surface area contributed by atoms with Gasteiger partial charge in [-0.15, -0.1) is 0 Å². The highest BCUT2D eigenvalue weighted by molar-refractivity contribution is 4.88. The van der Waals surface area contributed by atoms with Crippen LogP contribution in [0.25, 0.3) is 0 Å². The van der Waals surface area contributed by atoms with Gasteiger partial charge in [-0.3, -0.25) is 0 Å². The van der Waals surface area contributed by atoms with Crippen LogP contribution < -0.4 is 28.7 Å². The second kappa shape index (κ2) is 28.6. The lowest BCUT2D eigenvalue weighted by Gasteiger charge is -2.40. The van der Waals surface area contributed by atoms with Crippen molar-refractivity contribution >= 4 is 0 Å². The predicted molar refractivity (Wildman–Crippen MR) is 209 cm³/mol. The monoisotopic (exact) mass is 800 g/mol. The van der Waals surface area contributed by atoms with E-state index in [1.165, 1.54) is 14.2 Å². The summed E-state index contributed by atoms with van der Waals surface area (Å²) in [6, 6.07) is 0. The van der Waals surface area contributed by atoms with Crippen molar-refractivity contribution in [3.63, 3.8) is 0 Å². The molecule has 17 N–H and O–H groups in total. The number of hydrogen-bond acceptors (Lipinski definition) is 19. The lowest BCUT2D eigenvalue weighted by Crippen LogP contribution is -2.59. The number of aliphatic hydroxyl groups excluding tert-OH is 7. The fraction of sp³-hybridized carbons (Fsp3) is 1.00. The van der Waals surface area contributed by atoms with Gasteiger partial charge in [0.2, 0.25) is 0 Å². The molecule has 0 aromatic rings. The van der Waals surface area contributed by atoms with Crippen LogP contribution in [0.4, 0.5) is 0 Å². The van der Waals surface area contributed by atoms with Crippen LogP contribution in [0.5, 0.6) is 0 Å². The zero-order valence-electron chi connectivity index (χ0n) is 37.5. The summed E-state index contributed by atoms with van der Waals surface area (Å²) in [4.78, 5) is 0. The number of aliphatic hydroxyl groups is 7. The van der Waals surface area contributed by atoms with Crippen molar-refractivity contribution in [2.75, 3.05) is 107 Å². The van der Waals surface area contributed by atoms with Crippen LogP contribution in [0.3, 0.4) is 0 Å². The number of methoxy groups -OCH3 is 3. The zero-order chi connectivity index (χ0) is 43.6. The highest BCUT2D eigenvalue weighted by atomic mass is 16.7. The molecule has 0 saturated carbocycles. The van der Waals surface area contributed by atoms with E-state index in [4.69, 9.17) is 97.6 Å². The highest BCUT2D eigenvalue weighted by Crippen LogP contribution is 2.23. The van der Waals surface area contributed by atoms with Gasteiger partial charge in [0, 0.05) is 21.3 Å². The molecule has 0 radical (unpaired) electrons. The molecule has 332 valence electrons. The zero-order valence-corrected chi connectivity index (χ0v) is 35.5. The number of ether oxygens (including phenoxy) is 7. The van der Waals surface area contributed by atoms with E-state index in [2.05, 4.69) is 0 Å². The molecule has 2 aliphatic rings. The van der Waals surface area contributed by atoms with E-state index in [1.807, 2.05) is 62.3 Å². The summed E-state index contributed by atoms with van der Waals surface area (Å²) in [6.45, 7) is 18.1. The van der Waals surface area contributed by atoms with Crippen LogP contribution in [-0.2, 0) is 33.2 Å². The first-order valence-electron chi connectivity index (χ1n) is 17.9. The van der Waals surface area contributed by atoms with Gasteiger partial charge in [-0.05, 0) is 61.3 Å². The molecule has 0 aromatic carbocycles. The van der Waals surface area contributed by atoms with E-state index in [0.29, 0.717) is 46.1 Å². The van der Waals surface area contributed by atoms with Gasteiger partial charge in [0.25, 0.3) is 0 Å². The molecule has 0 atom stereocenters. The molecule has 2 heterocycles. The van der Waals surface area contributed by atoms with E-state index in [0.717, 1.165) is 6.42 Å². The standard InChI is InChI=1S/C8H17NO2.C7H15NO3.C6H15NO3.C5H13NO2.C5H12O.C4H11NO3/c1-4-8(9)5-10-7(2,3)11-6-8;1-6(2)10-4-7(8,3-9)5-11-6;1-9-4-6(7,3-8)5-10-2;1-2-5(6,3-7)4-8;1-5(2,3)6-4;5-4(1-6,2-7)3-8/h4-6,9H2,1-3H3;9H,3-5,8H2,1-2H3;8H,3-5,7H2,1-2H3;7-8H,2-4,6H2,1H3;1-4H3;6-8H,1-3,5H2/p+2. The molecule has 0 aliphatic carbocycles. The molecule has 0 amide bonds. The SMILES string of the molecule is CC1(C)OCC(N)(CO)CO1.CCC(N)(CO)CO.CCC1(N)COC(C)(C)OC1.COC(C)(C)C.COCC(N)(CO)COC.NC(CO)(CO)CO.[H+].[H+]. The molecular formula is C35H85N5O14+2. The summed E-state index contributed by atoms with van der Waals surface area (Å²) in [5, 5.41) is 59.6. The number of nitrogens with two attached hydrogens (primary N) is 5. The van der Waals surface area contributed by atoms with Crippen molar-refractivity contribution in [2.24, 2.45) is 28.7 Å². The van der Waals surface area contributed by atoms with Crippen LogP contribution in [0.2, 0.25) is 0 Å². The topological polar surface area (TPSA) is 336 Å². The molecule has 2 aliphatic heterocycles. The van der Waals surface area contributed by atoms with Gasteiger partial charge in [-0.2, -0.15) is 0 Å². The molecule has 2 rings (SSSR count). The third kappa shape index (κ3) is 30.4. The quantitative estimate of drug-likeness (QED) is 0.0932. The van der Waals surface area contributed by atoms with Gasteiger partial charge >= 0.3 is 2.85 Å². The van der Waals surface area contributed by atoms with E-state index in [9.17, 15) is 0 Å². The van der Waals surface area contributed by atoms with Gasteiger partial charge in [-0.25, -0.2) is 0 Å². The summed E-state index contributed by atoms with van der Waals surface area (Å²) in [7, 11) is 4.78. The summed E-state index contributed by atoms with van der Waals surface area (Å²) >= 11 is 0. The average molecular weight is 800 g/mol. The lowest BCUT2D eigenvalue weighted by atomic mass is 9.99. The summed E-state index contributed by atoms with van der Waals surface area (Å²) in [5.74, 6) is -1.00. The van der Waals surface area contributed by atoms with Crippen LogP contribution in [0.1, 0.15) is 78.0 Å². The maximum atomic E-state index is 8.84. The second-order valence-electron chi connectivity index (χ2n) is 15.8. The fourth-order valence-corrected chi connectivity index (χ4v) is 2.86. The minimum atomic E-state index is -1.21. The first-order chi connectivity index (χ1) is 24.6. The molecule has 2 saturated heterocycles. The van der Waals surface area contributed by atoms with Gasteiger partial charge < -0.3 is 97.6 Å². The van der Waals surface area contributed by atoms with Crippen LogP contribution in [0.15, 0.2) is 0 Å². The Kier molecular flexibility index (Phi) is 31.7. The normalized spacial score (nSPS) is 18.7. The van der Waals surface area contributed by atoms with Crippen molar-refractivity contribution < 1.29 is 71.8 Å². The summed E-state index contributed by atoms with van der Waals surface area (Å²) in [5.41, 5.74) is 24.1. The molecule has 2 fully saturated rings. The Morgan fingerprint density at radius 3 is 0.981 bits per heavy atom. The van der Waals surface area contributed by atoms with Gasteiger partial charge in [0.15, 0.2) is 11.6 Å². The Labute approximate surface area is 327 Å². The van der Waals surface area contributed by atoms with Crippen molar-refractivity contribution in [3.8, 4) is 0 Å². The number of hydrogen-bond donors (Lipinski definition) is 12. The van der Waals surface area contributed by atoms with E-state index < -0.39 is 53.6 Å². The van der Waals surface area contributed by atoms with E-state index in [1.54, 1.807) is 7.11 Å². The summed E-state index contributed by atoms with van der Waals surface area (Å²) in [6.07, 6.45) is 1.49. The Hall–Kier alpha value is -0.760. The molecule has 54 heavy (non-hydrogen) atoms. The lowest BCUT2D eigenvalue weighted by molar-refractivity contribution is -0.270. The Bertz CT molecular complexity index is 807. The fourth-order valence-electron chi connectivity index (χ4n) is 2.86. The highest BCUT2D eigenvalue weighted by Gasteiger charge is 2.37. The third-order valence-electron chi connectivity index (χ3n) is 7.92. The minimum absolute atomic E-state index is 0. The van der Waals surface area contributed by atoms with E-state index in [-0.39, 0.29) is 40.4 Å². The predicted octanol–water partition coefficient (Wildman–Crippen LogP) is -2.30. The molecule has 0 spiro atoms. The van der Waals surface area contributed by atoms with Gasteiger partial charge in [0.05, 0.1) is 119 Å². The molecular weight excluding hydrogens is 714 g/mol. The smallest absolute Gasteiger partial charge is 0.394 e. The molecule has 0 bridgehead atoms. The van der Waals surface area contributed by atoms with Gasteiger partial charge in [-0.1, -0.05) is 13.8 Å².